The summed E-state index contributed by atoms with van der Waals surface area (Å²) >= 11 is 0. The highest BCUT2D eigenvalue weighted by atomic mass is 14.4. The smallest absolute Gasteiger partial charge is 0.0142 e. The minimum Gasteiger partial charge on any atom is -0.0836 e. The normalized spacial score (nSPS) is 23.6. The Hall–Kier alpha value is -3.12. The monoisotopic (exact) mass is 382 g/mol. The molecule has 5 aliphatic rings. The van der Waals surface area contributed by atoms with Gasteiger partial charge in [-0.25, -0.2) is 0 Å². The lowest BCUT2D eigenvalue weighted by Gasteiger charge is -2.21. The van der Waals surface area contributed by atoms with Crippen LogP contribution in [0.2, 0.25) is 0 Å². The van der Waals surface area contributed by atoms with E-state index >= 15 is 0 Å². The first kappa shape index (κ1) is 15.7. The maximum Gasteiger partial charge on any atom is 0.0142 e. The molecule has 3 aromatic rings. The average molecular weight is 383 g/mol. The average Bonchev–Trinajstić information content (AvgIpc) is 3.31. The molecule has 0 aliphatic heterocycles. The van der Waals surface area contributed by atoms with Gasteiger partial charge in [0.05, 0.1) is 0 Å². The second-order valence-electron chi connectivity index (χ2n) is 9.44. The van der Waals surface area contributed by atoms with Crippen LogP contribution in [0.4, 0.5) is 0 Å². The molecule has 30 heavy (non-hydrogen) atoms. The molecule has 5 aliphatic carbocycles. The summed E-state index contributed by atoms with van der Waals surface area (Å²) in [5, 5.41) is 6.03. The molecule has 142 valence electrons. The molecule has 8 rings (SSSR count). The Morgan fingerprint density at radius 2 is 1.77 bits per heavy atom. The van der Waals surface area contributed by atoms with Crippen molar-refractivity contribution in [1.29, 1.82) is 0 Å². The number of benzene rings is 3. The summed E-state index contributed by atoms with van der Waals surface area (Å²) in [4.78, 5) is 0. The molecule has 2 unspecified atom stereocenters. The molecule has 0 N–H and O–H groups in total. The van der Waals surface area contributed by atoms with Gasteiger partial charge in [0, 0.05) is 11.8 Å². The van der Waals surface area contributed by atoms with Crippen LogP contribution in [-0.2, 0) is 0 Å². The maximum atomic E-state index is 2.57. The van der Waals surface area contributed by atoms with Crippen molar-refractivity contribution in [3.8, 4) is 11.1 Å². The molecule has 0 heterocycles. The molecule has 0 bridgehead atoms. The molecule has 0 saturated carbocycles. The highest BCUT2D eigenvalue weighted by molar-refractivity contribution is 6.02. The molecular formula is C30H22. The third-order valence-electron chi connectivity index (χ3n) is 8.16. The fourth-order valence-corrected chi connectivity index (χ4v) is 7.01. The van der Waals surface area contributed by atoms with Crippen LogP contribution in [0, 0.1) is 0 Å². The van der Waals surface area contributed by atoms with E-state index < -0.39 is 0 Å². The summed E-state index contributed by atoms with van der Waals surface area (Å²) in [5.41, 5.74) is 12.3. The Labute approximate surface area is 176 Å². The van der Waals surface area contributed by atoms with Crippen LogP contribution in [-0.4, -0.2) is 0 Å². The van der Waals surface area contributed by atoms with Crippen LogP contribution >= 0.6 is 0 Å². The van der Waals surface area contributed by atoms with Gasteiger partial charge in [-0.15, -0.1) is 0 Å². The predicted molar refractivity (Wildman–Crippen MR) is 126 cm³/mol. The van der Waals surface area contributed by atoms with Crippen LogP contribution in [0.25, 0.3) is 39.6 Å². The second-order valence-corrected chi connectivity index (χ2v) is 9.44. The van der Waals surface area contributed by atoms with E-state index in [1.54, 1.807) is 27.5 Å². The molecular weight excluding hydrogens is 360 g/mol. The number of hydrogen-bond donors (Lipinski definition) is 0. The van der Waals surface area contributed by atoms with E-state index in [4.69, 9.17) is 0 Å². The SMILES string of the molecule is C1=CCC2C(=C1)C1=c3c2cc2c4c5c(cc2c3=CCC1)-c1ccccc1C5CC=C4. The quantitative estimate of drug-likeness (QED) is 0.442. The Balaban J connectivity index is 1.58. The lowest BCUT2D eigenvalue weighted by molar-refractivity contribution is 0.833. The largest absolute Gasteiger partial charge is 0.0836 e. The van der Waals surface area contributed by atoms with E-state index in [1.165, 1.54) is 44.7 Å². The van der Waals surface area contributed by atoms with Gasteiger partial charge in [0.1, 0.15) is 0 Å². The molecule has 0 aromatic heterocycles. The number of rotatable bonds is 0. The van der Waals surface area contributed by atoms with Crippen molar-refractivity contribution in [2.45, 2.75) is 37.5 Å². The maximum absolute atomic E-state index is 2.57. The lowest BCUT2D eigenvalue weighted by atomic mass is 9.82. The van der Waals surface area contributed by atoms with Crippen molar-refractivity contribution in [3.63, 3.8) is 0 Å². The summed E-state index contributed by atoms with van der Waals surface area (Å²) in [5.74, 6) is 1.10. The Bertz CT molecular complexity index is 1540. The van der Waals surface area contributed by atoms with Crippen molar-refractivity contribution in [2.75, 3.05) is 0 Å². The van der Waals surface area contributed by atoms with E-state index in [-0.39, 0.29) is 0 Å². The molecule has 2 atom stereocenters. The lowest BCUT2D eigenvalue weighted by Crippen LogP contribution is -2.31. The molecule has 0 amide bonds. The van der Waals surface area contributed by atoms with Crippen molar-refractivity contribution in [3.05, 3.63) is 99.0 Å². The first-order valence-corrected chi connectivity index (χ1v) is 11.4. The fraction of sp³-hybridized carbons (Fsp3) is 0.200. The first-order valence-electron chi connectivity index (χ1n) is 11.4. The summed E-state index contributed by atoms with van der Waals surface area (Å²) < 4.78 is 0. The molecule has 0 heteroatoms. The summed E-state index contributed by atoms with van der Waals surface area (Å²) in [6.07, 6.45) is 19.0. The minimum absolute atomic E-state index is 0.532. The molecule has 0 spiro atoms. The Kier molecular flexibility index (Phi) is 2.78. The van der Waals surface area contributed by atoms with Gasteiger partial charge in [-0.05, 0) is 104 Å². The van der Waals surface area contributed by atoms with E-state index in [0.29, 0.717) is 11.8 Å². The molecule has 0 radical (unpaired) electrons. The number of hydrogen-bond acceptors (Lipinski definition) is 0. The van der Waals surface area contributed by atoms with Gasteiger partial charge < -0.3 is 0 Å². The number of allylic oxidation sites excluding steroid dienone is 5. The standard InChI is InChI=1S/C30H22/c1-3-9-19-17(7-1)21-11-5-13-23-26-16-28-20-10-4-2-8-18(20)22-12-6-14-24(30(22)28)25(26)15-27(19)29(21)23/h1-5,7-9,13-16,20-21H,6,10-12H2. The van der Waals surface area contributed by atoms with Gasteiger partial charge in [-0.2, -0.15) is 0 Å². The van der Waals surface area contributed by atoms with Crippen LogP contribution in [0.15, 0.2) is 66.3 Å². The van der Waals surface area contributed by atoms with Gasteiger partial charge in [0.25, 0.3) is 0 Å². The minimum atomic E-state index is 0.532. The van der Waals surface area contributed by atoms with Crippen LogP contribution < -0.4 is 10.4 Å². The van der Waals surface area contributed by atoms with Crippen LogP contribution in [0.1, 0.15) is 59.8 Å². The van der Waals surface area contributed by atoms with Crippen molar-refractivity contribution < 1.29 is 0 Å². The number of fused-ring (bicyclic) bond motifs is 9. The predicted octanol–water partition coefficient (Wildman–Crippen LogP) is 6.08. The van der Waals surface area contributed by atoms with Gasteiger partial charge in [-0.1, -0.05) is 60.7 Å². The van der Waals surface area contributed by atoms with Gasteiger partial charge in [0.2, 0.25) is 0 Å². The highest BCUT2D eigenvalue weighted by Crippen LogP contribution is 2.52. The Morgan fingerprint density at radius 1 is 0.833 bits per heavy atom. The van der Waals surface area contributed by atoms with Crippen LogP contribution in [0.3, 0.4) is 0 Å². The fourth-order valence-electron chi connectivity index (χ4n) is 7.01. The molecule has 0 nitrogen and oxygen atoms in total. The topological polar surface area (TPSA) is 0 Å². The van der Waals surface area contributed by atoms with Crippen LogP contribution in [0.5, 0.6) is 0 Å². The van der Waals surface area contributed by atoms with Gasteiger partial charge >= 0.3 is 0 Å². The summed E-state index contributed by atoms with van der Waals surface area (Å²) in [6, 6.07) is 14.2. The van der Waals surface area contributed by atoms with E-state index in [1.807, 2.05) is 0 Å². The third-order valence-corrected chi connectivity index (χ3v) is 8.16. The van der Waals surface area contributed by atoms with Crippen molar-refractivity contribution >= 4 is 28.5 Å². The van der Waals surface area contributed by atoms with Crippen molar-refractivity contribution in [1.82, 2.24) is 0 Å². The Morgan fingerprint density at radius 3 is 2.77 bits per heavy atom. The highest BCUT2D eigenvalue weighted by Gasteiger charge is 2.35. The third kappa shape index (κ3) is 1.72. The zero-order chi connectivity index (χ0) is 19.4. The second kappa shape index (κ2) is 5.32. The molecule has 3 aromatic carbocycles. The summed E-state index contributed by atoms with van der Waals surface area (Å²) in [7, 11) is 0. The van der Waals surface area contributed by atoms with Crippen molar-refractivity contribution in [2.24, 2.45) is 0 Å². The summed E-state index contributed by atoms with van der Waals surface area (Å²) in [6.45, 7) is 0. The van der Waals surface area contributed by atoms with E-state index in [2.05, 4.69) is 72.9 Å². The van der Waals surface area contributed by atoms with Gasteiger partial charge in [0.15, 0.2) is 0 Å². The van der Waals surface area contributed by atoms with E-state index in [0.717, 1.165) is 19.3 Å². The zero-order valence-electron chi connectivity index (χ0n) is 16.9. The zero-order valence-corrected chi connectivity index (χ0v) is 16.9. The van der Waals surface area contributed by atoms with Gasteiger partial charge in [-0.3, -0.25) is 0 Å². The molecule has 0 fully saturated rings. The molecule has 0 saturated heterocycles. The van der Waals surface area contributed by atoms with E-state index in [9.17, 15) is 0 Å². The first-order chi connectivity index (χ1) is 14.9.